The van der Waals surface area contributed by atoms with Gasteiger partial charge in [-0.25, -0.2) is 0 Å². The maximum absolute atomic E-state index is 13.0. The van der Waals surface area contributed by atoms with E-state index >= 15 is 0 Å². The van der Waals surface area contributed by atoms with Crippen molar-refractivity contribution in [3.63, 3.8) is 0 Å². The second kappa shape index (κ2) is 9.22. The van der Waals surface area contributed by atoms with Gasteiger partial charge in [-0.2, -0.15) is 13.2 Å². The summed E-state index contributed by atoms with van der Waals surface area (Å²) in [7, 11) is 0. The SMILES string of the molecule is C[C@H]1CC(C)(C)NC(=S)N1CCCC(=O)N1CCN(c2cccc(C(F)(F)F)c2)CC1. The number of alkyl halides is 3. The number of carbonyl (C=O) groups excluding carboxylic acids is 1. The molecule has 3 rings (SSSR count). The monoisotopic (exact) mass is 456 g/mol. The number of piperazine rings is 1. The smallest absolute Gasteiger partial charge is 0.368 e. The van der Waals surface area contributed by atoms with E-state index in [4.69, 9.17) is 12.2 Å². The summed E-state index contributed by atoms with van der Waals surface area (Å²) in [6.07, 6.45) is -2.20. The third-order valence-corrected chi connectivity index (χ3v) is 6.34. The number of hydrogen-bond donors (Lipinski definition) is 1. The van der Waals surface area contributed by atoms with E-state index in [0.717, 1.165) is 30.6 Å². The molecular weight excluding hydrogens is 425 g/mol. The van der Waals surface area contributed by atoms with Gasteiger partial charge in [-0.05, 0) is 64.0 Å². The molecule has 1 aromatic rings. The van der Waals surface area contributed by atoms with Crippen molar-refractivity contribution in [2.75, 3.05) is 37.6 Å². The first-order valence-electron chi connectivity index (χ1n) is 10.7. The zero-order chi connectivity index (χ0) is 22.8. The first-order valence-corrected chi connectivity index (χ1v) is 11.2. The van der Waals surface area contributed by atoms with Crippen LogP contribution >= 0.6 is 12.2 Å². The minimum atomic E-state index is -4.35. The van der Waals surface area contributed by atoms with Gasteiger partial charge in [0.25, 0.3) is 0 Å². The van der Waals surface area contributed by atoms with Crippen LogP contribution in [0.15, 0.2) is 24.3 Å². The Morgan fingerprint density at radius 2 is 1.90 bits per heavy atom. The second-order valence-corrected chi connectivity index (χ2v) is 9.47. The average Bonchev–Trinajstić information content (AvgIpc) is 2.68. The van der Waals surface area contributed by atoms with Crippen LogP contribution in [0.4, 0.5) is 18.9 Å². The summed E-state index contributed by atoms with van der Waals surface area (Å²) in [5.41, 5.74) is -0.113. The molecule has 2 aliphatic rings. The van der Waals surface area contributed by atoms with Gasteiger partial charge >= 0.3 is 6.18 Å². The first-order chi connectivity index (χ1) is 14.5. The van der Waals surface area contributed by atoms with Crippen LogP contribution in [0.1, 0.15) is 45.6 Å². The molecule has 5 nitrogen and oxygen atoms in total. The molecule has 0 unspecified atom stereocenters. The number of halogens is 3. The van der Waals surface area contributed by atoms with Crippen molar-refractivity contribution in [2.45, 2.75) is 57.8 Å². The fourth-order valence-corrected chi connectivity index (χ4v) is 4.98. The number of hydrogen-bond acceptors (Lipinski definition) is 3. The molecule has 0 aromatic heterocycles. The fourth-order valence-electron chi connectivity index (χ4n) is 4.43. The molecular formula is C22H31F3N4OS. The molecule has 0 aliphatic carbocycles. The Kier molecular flexibility index (Phi) is 7.03. The Hall–Kier alpha value is -2.03. The number of nitrogens with one attached hydrogen (secondary N) is 1. The minimum Gasteiger partial charge on any atom is -0.368 e. The number of amides is 1. The summed E-state index contributed by atoms with van der Waals surface area (Å²) in [5, 5.41) is 4.10. The lowest BCUT2D eigenvalue weighted by Gasteiger charge is -2.45. The molecule has 0 bridgehead atoms. The maximum atomic E-state index is 13.0. The van der Waals surface area contributed by atoms with Crippen LogP contribution in [-0.2, 0) is 11.0 Å². The normalized spacial score (nSPS) is 21.8. The van der Waals surface area contributed by atoms with Crippen LogP contribution in [0.3, 0.4) is 0 Å². The van der Waals surface area contributed by atoms with Gasteiger partial charge in [-0.15, -0.1) is 0 Å². The zero-order valence-corrected chi connectivity index (χ0v) is 19.2. The molecule has 31 heavy (non-hydrogen) atoms. The highest BCUT2D eigenvalue weighted by Crippen LogP contribution is 2.32. The highest BCUT2D eigenvalue weighted by Gasteiger charge is 2.33. The molecule has 1 atom stereocenters. The van der Waals surface area contributed by atoms with Crippen LogP contribution in [0, 0.1) is 0 Å². The molecule has 172 valence electrons. The van der Waals surface area contributed by atoms with Crippen molar-refractivity contribution < 1.29 is 18.0 Å². The Labute approximate surface area is 187 Å². The van der Waals surface area contributed by atoms with Gasteiger partial charge in [-0.1, -0.05) is 6.07 Å². The number of carbonyl (C=O) groups is 1. The summed E-state index contributed by atoms with van der Waals surface area (Å²) in [4.78, 5) is 18.5. The highest BCUT2D eigenvalue weighted by atomic mass is 32.1. The van der Waals surface area contributed by atoms with Crippen LogP contribution in [-0.4, -0.2) is 65.1 Å². The molecule has 2 saturated heterocycles. The maximum Gasteiger partial charge on any atom is 0.416 e. The Bertz CT molecular complexity index is 806. The van der Waals surface area contributed by atoms with E-state index in [1.165, 1.54) is 12.1 Å². The van der Waals surface area contributed by atoms with Gasteiger partial charge in [-0.3, -0.25) is 4.79 Å². The lowest BCUT2D eigenvalue weighted by molar-refractivity contribution is -0.137. The lowest BCUT2D eigenvalue weighted by atomic mass is 9.93. The summed E-state index contributed by atoms with van der Waals surface area (Å²) in [6, 6.07) is 5.70. The first kappa shape index (κ1) is 23.6. The molecule has 2 heterocycles. The molecule has 2 aliphatic heterocycles. The number of nitrogens with zero attached hydrogens (tertiary/aromatic N) is 3. The van der Waals surface area contributed by atoms with E-state index in [-0.39, 0.29) is 11.4 Å². The van der Waals surface area contributed by atoms with Gasteiger partial charge in [0.15, 0.2) is 5.11 Å². The number of thiocarbonyl (C=S) groups is 1. The number of anilines is 1. The fraction of sp³-hybridized carbons (Fsp3) is 0.636. The van der Waals surface area contributed by atoms with Crippen molar-refractivity contribution in [3.05, 3.63) is 29.8 Å². The number of benzene rings is 1. The second-order valence-electron chi connectivity index (χ2n) is 9.08. The molecule has 0 saturated carbocycles. The highest BCUT2D eigenvalue weighted by molar-refractivity contribution is 7.80. The molecule has 1 amide bonds. The summed E-state index contributed by atoms with van der Waals surface area (Å²) in [6.45, 7) is 9.25. The van der Waals surface area contributed by atoms with E-state index < -0.39 is 11.7 Å². The van der Waals surface area contributed by atoms with Gasteiger partial charge in [0.1, 0.15) is 0 Å². The van der Waals surface area contributed by atoms with E-state index in [9.17, 15) is 18.0 Å². The van der Waals surface area contributed by atoms with E-state index in [1.54, 1.807) is 6.07 Å². The topological polar surface area (TPSA) is 38.8 Å². The van der Waals surface area contributed by atoms with Crippen molar-refractivity contribution >= 4 is 28.9 Å². The largest absolute Gasteiger partial charge is 0.416 e. The molecule has 0 spiro atoms. The van der Waals surface area contributed by atoms with Crippen LogP contribution in [0.2, 0.25) is 0 Å². The van der Waals surface area contributed by atoms with Crippen molar-refractivity contribution in [1.82, 2.24) is 15.1 Å². The Balaban J connectivity index is 1.45. The quantitative estimate of drug-likeness (QED) is 0.681. The molecule has 0 radical (unpaired) electrons. The van der Waals surface area contributed by atoms with Gasteiger partial charge in [0.2, 0.25) is 5.91 Å². The van der Waals surface area contributed by atoms with E-state index in [1.807, 2.05) is 9.80 Å². The minimum absolute atomic E-state index is 0.0118. The lowest BCUT2D eigenvalue weighted by Crippen LogP contribution is -2.60. The van der Waals surface area contributed by atoms with Crippen molar-refractivity contribution in [1.29, 1.82) is 0 Å². The molecule has 2 fully saturated rings. The molecule has 1 N–H and O–H groups in total. The predicted molar refractivity (Wildman–Crippen MR) is 120 cm³/mol. The van der Waals surface area contributed by atoms with Crippen molar-refractivity contribution in [2.24, 2.45) is 0 Å². The third kappa shape index (κ3) is 6.02. The van der Waals surface area contributed by atoms with Crippen LogP contribution in [0.5, 0.6) is 0 Å². The van der Waals surface area contributed by atoms with Crippen LogP contribution < -0.4 is 10.2 Å². The molecule has 9 heteroatoms. The van der Waals surface area contributed by atoms with Gasteiger partial charge < -0.3 is 20.0 Å². The Morgan fingerprint density at radius 3 is 2.52 bits per heavy atom. The Morgan fingerprint density at radius 1 is 1.23 bits per heavy atom. The van der Waals surface area contributed by atoms with Gasteiger partial charge in [0.05, 0.1) is 5.56 Å². The summed E-state index contributed by atoms with van der Waals surface area (Å²) < 4.78 is 38.9. The predicted octanol–water partition coefficient (Wildman–Crippen LogP) is 3.88. The zero-order valence-electron chi connectivity index (χ0n) is 18.3. The number of rotatable bonds is 5. The van der Waals surface area contributed by atoms with Gasteiger partial charge in [0, 0.05) is 56.4 Å². The van der Waals surface area contributed by atoms with Crippen molar-refractivity contribution in [3.8, 4) is 0 Å². The van der Waals surface area contributed by atoms with Crippen LogP contribution in [0.25, 0.3) is 0 Å². The standard InChI is InChI=1S/C22H31F3N4OS/c1-16-15-21(2,3)26-20(31)29(16)9-5-8-19(30)28-12-10-27(11-13-28)18-7-4-6-17(14-18)22(23,24)25/h4,6-7,14,16H,5,8-13,15H2,1-3H3,(H,26,31)/t16-/m0/s1. The average molecular weight is 457 g/mol. The third-order valence-electron chi connectivity index (χ3n) is 6.00. The summed E-state index contributed by atoms with van der Waals surface area (Å²) in [5.74, 6) is 0.0903. The molecule has 1 aromatic carbocycles. The van der Waals surface area contributed by atoms with E-state index in [0.29, 0.717) is 44.3 Å². The summed E-state index contributed by atoms with van der Waals surface area (Å²) >= 11 is 5.49. The van der Waals surface area contributed by atoms with E-state index in [2.05, 4.69) is 31.0 Å².